The first kappa shape index (κ1) is 17.6. The van der Waals surface area contributed by atoms with Crippen molar-refractivity contribution in [2.24, 2.45) is 5.16 Å². The van der Waals surface area contributed by atoms with Gasteiger partial charge in [-0.15, -0.1) is 0 Å². The van der Waals surface area contributed by atoms with Crippen molar-refractivity contribution in [3.63, 3.8) is 0 Å². The van der Waals surface area contributed by atoms with Gasteiger partial charge in [-0.3, -0.25) is 4.90 Å². The Morgan fingerprint density at radius 3 is 2.56 bits per heavy atom. The van der Waals surface area contributed by atoms with Crippen molar-refractivity contribution in [1.29, 1.82) is 5.26 Å². The van der Waals surface area contributed by atoms with Gasteiger partial charge in [0.25, 0.3) is 0 Å². The summed E-state index contributed by atoms with van der Waals surface area (Å²) in [4.78, 5) is 7.63. The lowest BCUT2D eigenvalue weighted by molar-refractivity contribution is 0.179. The van der Waals surface area contributed by atoms with Crippen molar-refractivity contribution in [1.82, 2.24) is 4.90 Å². The highest BCUT2D eigenvalue weighted by Gasteiger charge is 2.25. The van der Waals surface area contributed by atoms with Crippen LogP contribution in [0.4, 0.5) is 0 Å². The van der Waals surface area contributed by atoms with Crippen LogP contribution in [0, 0.1) is 11.3 Å². The molecule has 0 bridgehead atoms. The number of oxime groups is 1. The van der Waals surface area contributed by atoms with Gasteiger partial charge in [-0.2, -0.15) is 5.26 Å². The van der Waals surface area contributed by atoms with E-state index in [2.05, 4.69) is 22.2 Å². The molecule has 1 fully saturated rings. The molecule has 2 aliphatic rings. The maximum atomic E-state index is 8.71. The molecule has 1 heterocycles. The average Bonchev–Trinajstić information content (AvgIpc) is 3.02. The van der Waals surface area contributed by atoms with Gasteiger partial charge >= 0.3 is 0 Å². The predicted octanol–water partition coefficient (Wildman–Crippen LogP) is 3.82. The fourth-order valence-electron chi connectivity index (χ4n) is 3.81. The van der Waals surface area contributed by atoms with E-state index in [0.717, 1.165) is 40.3 Å². The molecule has 4 rings (SSSR count). The summed E-state index contributed by atoms with van der Waals surface area (Å²) in [5, 5.41) is 12.9. The lowest BCUT2D eigenvalue weighted by Crippen LogP contribution is -2.33. The summed E-state index contributed by atoms with van der Waals surface area (Å²) in [6.07, 6.45) is 3.93. The van der Waals surface area contributed by atoms with Gasteiger partial charge in [-0.25, -0.2) is 0 Å². The average molecular weight is 361 g/mol. The van der Waals surface area contributed by atoms with Gasteiger partial charge < -0.3 is 9.57 Å². The van der Waals surface area contributed by atoms with Crippen LogP contribution in [0.25, 0.3) is 11.1 Å². The number of benzene rings is 2. The van der Waals surface area contributed by atoms with Crippen LogP contribution in [0.2, 0.25) is 0 Å². The zero-order valence-corrected chi connectivity index (χ0v) is 15.4. The molecule has 0 N–H and O–H groups in total. The molecular weight excluding hydrogens is 338 g/mol. The fourth-order valence-corrected chi connectivity index (χ4v) is 3.81. The second kappa shape index (κ2) is 8.24. The molecule has 0 atom stereocenters. The van der Waals surface area contributed by atoms with Gasteiger partial charge in [0.2, 0.25) is 6.61 Å². The van der Waals surface area contributed by atoms with Gasteiger partial charge in [0.05, 0.1) is 0 Å². The molecule has 5 nitrogen and oxygen atoms in total. The third-order valence-electron chi connectivity index (χ3n) is 5.13. The number of rotatable bonds is 6. The Morgan fingerprint density at radius 2 is 1.74 bits per heavy atom. The predicted molar refractivity (Wildman–Crippen MR) is 105 cm³/mol. The summed E-state index contributed by atoms with van der Waals surface area (Å²) in [5.74, 6) is 0.839. The van der Waals surface area contributed by atoms with Crippen molar-refractivity contribution in [3.05, 3.63) is 53.6 Å². The first-order chi connectivity index (χ1) is 13.4. The fraction of sp³-hybridized carbons (Fsp3) is 0.364. The Bertz CT molecular complexity index is 879. The summed E-state index contributed by atoms with van der Waals surface area (Å²) >= 11 is 0. The van der Waals surface area contributed by atoms with Crippen molar-refractivity contribution >= 4 is 5.71 Å². The lowest BCUT2D eigenvalue weighted by atomic mass is 10.1. The highest BCUT2D eigenvalue weighted by molar-refractivity contribution is 6.24. The summed E-state index contributed by atoms with van der Waals surface area (Å²) in [5.41, 5.74) is 5.03. The highest BCUT2D eigenvalue weighted by Crippen LogP contribution is 2.38. The first-order valence-corrected chi connectivity index (χ1v) is 9.53. The third-order valence-corrected chi connectivity index (χ3v) is 5.13. The van der Waals surface area contributed by atoms with Crippen LogP contribution in [0.5, 0.6) is 5.75 Å². The number of nitriles is 1. The van der Waals surface area contributed by atoms with E-state index in [1.165, 1.54) is 32.4 Å². The molecule has 138 valence electrons. The number of likely N-dealkylation sites (tertiary alicyclic amines) is 1. The second-order valence-electron chi connectivity index (χ2n) is 6.88. The number of ether oxygens (including phenoxy) is 1. The highest BCUT2D eigenvalue weighted by atomic mass is 16.6. The molecule has 0 spiro atoms. The number of hydrogen-bond acceptors (Lipinski definition) is 5. The van der Waals surface area contributed by atoms with Crippen LogP contribution >= 0.6 is 0 Å². The number of nitrogens with zero attached hydrogens (tertiary/aromatic N) is 3. The van der Waals surface area contributed by atoms with E-state index < -0.39 is 0 Å². The molecule has 5 heteroatoms. The monoisotopic (exact) mass is 361 g/mol. The van der Waals surface area contributed by atoms with Crippen molar-refractivity contribution in [2.45, 2.75) is 19.3 Å². The summed E-state index contributed by atoms with van der Waals surface area (Å²) < 4.78 is 6.02. The van der Waals surface area contributed by atoms with E-state index in [4.69, 9.17) is 14.8 Å². The van der Waals surface area contributed by atoms with E-state index in [1.807, 2.05) is 36.4 Å². The minimum absolute atomic E-state index is 0.0625. The topological polar surface area (TPSA) is 57.9 Å². The quantitative estimate of drug-likeness (QED) is 0.495. The van der Waals surface area contributed by atoms with E-state index in [9.17, 15) is 0 Å². The number of piperidine rings is 1. The van der Waals surface area contributed by atoms with Crippen LogP contribution in [-0.2, 0) is 4.84 Å². The SMILES string of the molecule is N#CCO/N=C1/c2ccccc2-c2ccc(OCCN3CCCCC3)cc21. The van der Waals surface area contributed by atoms with Crippen molar-refractivity contribution in [2.75, 3.05) is 32.8 Å². The zero-order valence-electron chi connectivity index (χ0n) is 15.4. The maximum absolute atomic E-state index is 8.71. The molecule has 0 saturated carbocycles. The van der Waals surface area contributed by atoms with Gasteiger partial charge in [-0.05, 0) is 55.3 Å². The van der Waals surface area contributed by atoms with Crippen LogP contribution in [0.1, 0.15) is 30.4 Å². The summed E-state index contributed by atoms with van der Waals surface area (Å²) in [7, 11) is 0. The normalized spacial score (nSPS) is 17.2. The minimum Gasteiger partial charge on any atom is -0.492 e. The molecular formula is C22H23N3O2. The smallest absolute Gasteiger partial charge is 0.202 e. The molecule has 0 amide bonds. The molecule has 1 aliphatic heterocycles. The largest absolute Gasteiger partial charge is 0.492 e. The first-order valence-electron chi connectivity index (χ1n) is 9.53. The molecule has 27 heavy (non-hydrogen) atoms. The second-order valence-corrected chi connectivity index (χ2v) is 6.88. The van der Waals surface area contributed by atoms with E-state index in [0.29, 0.717) is 6.61 Å². The Hall–Kier alpha value is -2.84. The Kier molecular flexibility index (Phi) is 5.36. The van der Waals surface area contributed by atoms with E-state index in [-0.39, 0.29) is 6.61 Å². The zero-order chi connectivity index (χ0) is 18.5. The van der Waals surface area contributed by atoms with Gasteiger partial charge in [0.1, 0.15) is 24.1 Å². The standard InChI is InChI=1S/C22H23N3O2/c23-10-14-27-24-22-20-7-3-2-6-18(20)19-9-8-17(16-21(19)22)26-15-13-25-11-4-1-5-12-25/h2-3,6-9,16H,1,4-5,11-15H2/b24-22-. The molecule has 2 aromatic rings. The van der Waals surface area contributed by atoms with Crippen LogP contribution in [-0.4, -0.2) is 43.5 Å². The van der Waals surface area contributed by atoms with Gasteiger partial charge in [0, 0.05) is 17.7 Å². The molecule has 1 saturated heterocycles. The minimum atomic E-state index is -0.0625. The molecule has 1 aliphatic carbocycles. The lowest BCUT2D eigenvalue weighted by Gasteiger charge is -2.26. The Morgan fingerprint density at radius 1 is 0.963 bits per heavy atom. The Balaban J connectivity index is 1.51. The number of hydrogen-bond donors (Lipinski definition) is 0. The van der Waals surface area contributed by atoms with Gasteiger partial charge in [0.15, 0.2) is 0 Å². The molecule has 0 radical (unpaired) electrons. The molecule has 0 unspecified atom stereocenters. The third kappa shape index (κ3) is 3.81. The van der Waals surface area contributed by atoms with E-state index >= 15 is 0 Å². The number of fused-ring (bicyclic) bond motifs is 3. The molecule has 2 aromatic carbocycles. The van der Waals surface area contributed by atoms with Gasteiger partial charge in [-0.1, -0.05) is 35.8 Å². The van der Waals surface area contributed by atoms with Crippen LogP contribution < -0.4 is 4.74 Å². The molecule has 0 aromatic heterocycles. The summed E-state index contributed by atoms with van der Waals surface area (Å²) in [6, 6.07) is 16.2. The van der Waals surface area contributed by atoms with Crippen molar-refractivity contribution in [3.8, 4) is 22.9 Å². The van der Waals surface area contributed by atoms with Crippen LogP contribution in [0.15, 0.2) is 47.6 Å². The van der Waals surface area contributed by atoms with Crippen molar-refractivity contribution < 1.29 is 9.57 Å². The maximum Gasteiger partial charge on any atom is 0.202 e. The summed E-state index contributed by atoms with van der Waals surface area (Å²) in [6.45, 7) is 3.94. The van der Waals surface area contributed by atoms with Crippen LogP contribution in [0.3, 0.4) is 0 Å². The Labute approximate surface area is 159 Å². The van der Waals surface area contributed by atoms with E-state index in [1.54, 1.807) is 0 Å².